The number of carbonyl (C=O) groups excluding carboxylic acids is 1. The molecule has 1 unspecified atom stereocenters. The third kappa shape index (κ3) is 4.51. The Kier molecular flexibility index (Phi) is 5.93. The molecule has 0 aliphatic rings. The van der Waals surface area contributed by atoms with Crippen molar-refractivity contribution in [3.8, 4) is 10.6 Å². The van der Waals surface area contributed by atoms with Crippen molar-refractivity contribution in [2.24, 2.45) is 0 Å². The van der Waals surface area contributed by atoms with Crippen molar-refractivity contribution >= 4 is 46.0 Å². The molecule has 1 N–H and O–H groups in total. The van der Waals surface area contributed by atoms with Gasteiger partial charge < -0.3 is 5.32 Å². The molecule has 0 saturated carbocycles. The van der Waals surface area contributed by atoms with Crippen LogP contribution in [0.1, 0.15) is 23.7 Å². The molecule has 3 nitrogen and oxygen atoms in total. The summed E-state index contributed by atoms with van der Waals surface area (Å²) in [5.74, 6) is 0.776. The first-order valence-corrected chi connectivity index (χ1v) is 10.9. The predicted octanol–water partition coefficient (Wildman–Crippen LogP) is 5.75. The molecule has 0 bridgehead atoms. The monoisotopic (exact) mass is 388 g/mol. The average Bonchev–Trinajstić information content (AvgIpc) is 3.26. The standard InChI is InChI=1S/C19H20N2OS3/c1-12-5-4-6-13(2)17(12)21-18(22)14(3)24-10-16-11-25-19(20-16)15-7-8-23-9-15/h4-9,11,14H,10H2,1-3H3,(H,21,22). The number of anilines is 1. The maximum absolute atomic E-state index is 12.5. The summed E-state index contributed by atoms with van der Waals surface area (Å²) in [5.41, 5.74) is 5.30. The van der Waals surface area contributed by atoms with Gasteiger partial charge >= 0.3 is 0 Å². The van der Waals surface area contributed by atoms with Crippen molar-refractivity contribution in [3.05, 3.63) is 57.2 Å². The molecular weight excluding hydrogens is 368 g/mol. The highest BCUT2D eigenvalue weighted by Gasteiger charge is 2.16. The minimum Gasteiger partial charge on any atom is -0.325 e. The van der Waals surface area contributed by atoms with Gasteiger partial charge in [-0.05, 0) is 43.3 Å². The number of amides is 1. The van der Waals surface area contributed by atoms with Crippen LogP contribution in [0.2, 0.25) is 0 Å². The molecule has 1 atom stereocenters. The van der Waals surface area contributed by atoms with Crippen LogP contribution in [-0.4, -0.2) is 16.1 Å². The van der Waals surface area contributed by atoms with E-state index in [0.717, 1.165) is 33.3 Å². The molecule has 2 aromatic heterocycles. The lowest BCUT2D eigenvalue weighted by Gasteiger charge is -2.15. The van der Waals surface area contributed by atoms with Crippen LogP contribution >= 0.6 is 34.4 Å². The number of benzene rings is 1. The normalized spacial score (nSPS) is 12.1. The van der Waals surface area contributed by atoms with Gasteiger partial charge in [-0.2, -0.15) is 11.3 Å². The van der Waals surface area contributed by atoms with Gasteiger partial charge in [-0.3, -0.25) is 4.79 Å². The number of thiazole rings is 1. The number of hydrogen-bond donors (Lipinski definition) is 1. The molecule has 0 aliphatic carbocycles. The van der Waals surface area contributed by atoms with Gasteiger partial charge in [0.25, 0.3) is 0 Å². The summed E-state index contributed by atoms with van der Waals surface area (Å²) < 4.78 is 0. The fraction of sp³-hybridized carbons (Fsp3) is 0.263. The lowest BCUT2D eigenvalue weighted by molar-refractivity contribution is -0.115. The molecule has 2 heterocycles. The van der Waals surface area contributed by atoms with Crippen LogP contribution in [0.25, 0.3) is 10.6 Å². The van der Waals surface area contributed by atoms with Crippen LogP contribution in [0.4, 0.5) is 5.69 Å². The first kappa shape index (κ1) is 18.2. The van der Waals surface area contributed by atoms with Gasteiger partial charge in [0, 0.05) is 27.8 Å². The van der Waals surface area contributed by atoms with Crippen LogP contribution in [-0.2, 0) is 10.5 Å². The quantitative estimate of drug-likeness (QED) is 0.585. The first-order valence-electron chi connectivity index (χ1n) is 8.00. The van der Waals surface area contributed by atoms with E-state index < -0.39 is 0 Å². The van der Waals surface area contributed by atoms with E-state index in [1.807, 2.05) is 39.0 Å². The van der Waals surface area contributed by atoms with E-state index in [9.17, 15) is 4.79 Å². The highest BCUT2D eigenvalue weighted by Crippen LogP contribution is 2.28. The Hall–Kier alpha value is -1.63. The van der Waals surface area contributed by atoms with Gasteiger partial charge in [-0.1, -0.05) is 18.2 Å². The topological polar surface area (TPSA) is 42.0 Å². The average molecular weight is 389 g/mol. The molecule has 130 valence electrons. The van der Waals surface area contributed by atoms with Gasteiger partial charge in [-0.15, -0.1) is 23.1 Å². The zero-order valence-corrected chi connectivity index (χ0v) is 16.9. The highest BCUT2D eigenvalue weighted by atomic mass is 32.2. The van der Waals surface area contributed by atoms with Gasteiger partial charge in [-0.25, -0.2) is 4.98 Å². The summed E-state index contributed by atoms with van der Waals surface area (Å²) in [6, 6.07) is 8.12. The van der Waals surface area contributed by atoms with Gasteiger partial charge in [0.2, 0.25) is 5.91 Å². The van der Waals surface area contributed by atoms with Crippen molar-refractivity contribution in [1.82, 2.24) is 4.98 Å². The number of nitrogens with zero attached hydrogens (tertiary/aromatic N) is 1. The lowest BCUT2D eigenvalue weighted by atomic mass is 10.1. The van der Waals surface area contributed by atoms with Crippen LogP contribution in [0.3, 0.4) is 0 Å². The van der Waals surface area contributed by atoms with E-state index in [1.54, 1.807) is 34.4 Å². The van der Waals surface area contributed by atoms with Crippen molar-refractivity contribution in [1.29, 1.82) is 0 Å². The molecular formula is C19H20N2OS3. The highest BCUT2D eigenvalue weighted by molar-refractivity contribution is 7.99. The Bertz CT molecular complexity index is 835. The van der Waals surface area contributed by atoms with Gasteiger partial charge in [0.1, 0.15) is 5.01 Å². The summed E-state index contributed by atoms with van der Waals surface area (Å²) in [4.78, 5) is 17.2. The van der Waals surface area contributed by atoms with Crippen LogP contribution in [0.5, 0.6) is 0 Å². The van der Waals surface area contributed by atoms with Crippen molar-refractivity contribution in [3.63, 3.8) is 0 Å². The fourth-order valence-corrected chi connectivity index (χ4v) is 4.83. The second-order valence-electron chi connectivity index (χ2n) is 5.87. The molecule has 0 saturated heterocycles. The summed E-state index contributed by atoms with van der Waals surface area (Å²) in [6.07, 6.45) is 0. The van der Waals surface area contributed by atoms with Gasteiger partial charge in [0.05, 0.1) is 10.9 Å². The predicted molar refractivity (Wildman–Crippen MR) is 111 cm³/mol. The Morgan fingerprint density at radius 2 is 2.00 bits per heavy atom. The Labute approximate surface area is 160 Å². The number of aromatic nitrogens is 1. The second-order valence-corrected chi connectivity index (χ2v) is 8.83. The Morgan fingerprint density at radius 1 is 1.24 bits per heavy atom. The molecule has 3 aromatic rings. The van der Waals surface area contributed by atoms with Crippen LogP contribution in [0.15, 0.2) is 40.4 Å². The van der Waals surface area contributed by atoms with E-state index in [0.29, 0.717) is 0 Å². The molecule has 0 fully saturated rings. The van der Waals surface area contributed by atoms with Crippen LogP contribution in [0, 0.1) is 13.8 Å². The summed E-state index contributed by atoms with van der Waals surface area (Å²) in [6.45, 7) is 5.98. The van der Waals surface area contributed by atoms with Crippen molar-refractivity contribution in [2.75, 3.05) is 5.32 Å². The maximum Gasteiger partial charge on any atom is 0.237 e. The van der Waals surface area contributed by atoms with E-state index in [1.165, 1.54) is 5.56 Å². The van der Waals surface area contributed by atoms with E-state index >= 15 is 0 Å². The molecule has 6 heteroatoms. The summed E-state index contributed by atoms with van der Waals surface area (Å²) >= 11 is 4.95. The summed E-state index contributed by atoms with van der Waals surface area (Å²) in [5, 5.41) is 10.2. The number of nitrogens with one attached hydrogen (secondary N) is 1. The smallest absolute Gasteiger partial charge is 0.237 e. The summed E-state index contributed by atoms with van der Waals surface area (Å²) in [7, 11) is 0. The molecule has 1 aromatic carbocycles. The van der Waals surface area contributed by atoms with Gasteiger partial charge in [0.15, 0.2) is 0 Å². The molecule has 0 spiro atoms. The fourth-order valence-electron chi connectivity index (χ4n) is 2.41. The number of rotatable bonds is 6. The number of para-hydroxylation sites is 1. The zero-order valence-electron chi connectivity index (χ0n) is 14.4. The third-order valence-corrected chi connectivity index (χ3v) is 6.70. The SMILES string of the molecule is Cc1cccc(C)c1NC(=O)C(C)SCc1csc(-c2ccsc2)n1. The minimum atomic E-state index is -0.134. The van der Waals surface area contributed by atoms with Crippen molar-refractivity contribution in [2.45, 2.75) is 31.8 Å². The first-order chi connectivity index (χ1) is 12.0. The maximum atomic E-state index is 12.5. The molecule has 3 rings (SSSR count). The molecule has 0 aliphatic heterocycles. The molecule has 25 heavy (non-hydrogen) atoms. The second kappa shape index (κ2) is 8.17. The Morgan fingerprint density at radius 3 is 2.68 bits per heavy atom. The number of thioether (sulfide) groups is 1. The van der Waals surface area contributed by atoms with E-state index in [4.69, 9.17) is 0 Å². The number of carbonyl (C=O) groups is 1. The minimum absolute atomic E-state index is 0.0377. The zero-order chi connectivity index (χ0) is 17.8. The number of hydrogen-bond acceptors (Lipinski definition) is 5. The van der Waals surface area contributed by atoms with Crippen molar-refractivity contribution < 1.29 is 4.79 Å². The Balaban J connectivity index is 1.57. The lowest BCUT2D eigenvalue weighted by Crippen LogP contribution is -2.23. The van der Waals surface area contributed by atoms with E-state index in [2.05, 4.69) is 32.5 Å². The van der Waals surface area contributed by atoms with Crippen LogP contribution < -0.4 is 5.32 Å². The van der Waals surface area contributed by atoms with E-state index in [-0.39, 0.29) is 11.2 Å². The molecule has 0 radical (unpaired) electrons. The third-order valence-electron chi connectivity index (χ3n) is 3.90. The number of thiophene rings is 1. The number of aryl methyl sites for hydroxylation is 2. The molecule has 1 amide bonds. The largest absolute Gasteiger partial charge is 0.325 e.